The molecule has 1 heterocycles. The molecule has 2 aromatic rings. The van der Waals surface area contributed by atoms with Crippen molar-refractivity contribution in [3.63, 3.8) is 0 Å². The number of Topliss-reactive ketones (excluding diaryl/α,β-unsaturated/α-hetero) is 1. The first-order valence-electron chi connectivity index (χ1n) is 10.8. The Morgan fingerprint density at radius 2 is 1.53 bits per heavy atom. The quantitative estimate of drug-likeness (QED) is 0.445. The molecule has 1 aliphatic heterocycles. The number of nitrogens with zero attached hydrogens (tertiary/aromatic N) is 1. The van der Waals surface area contributed by atoms with Crippen molar-refractivity contribution < 1.29 is 35.9 Å². The number of halogens is 6. The lowest BCUT2D eigenvalue weighted by atomic mass is 9.97. The lowest BCUT2D eigenvalue weighted by molar-refractivity contribution is -0.186. The Morgan fingerprint density at radius 3 is 2.15 bits per heavy atom. The minimum absolute atomic E-state index is 0.0140. The average Bonchev–Trinajstić information content (AvgIpc) is 3.01. The van der Waals surface area contributed by atoms with Crippen LogP contribution in [0.3, 0.4) is 0 Å². The molecule has 0 saturated carbocycles. The molecule has 0 aliphatic carbocycles. The van der Waals surface area contributed by atoms with E-state index >= 15 is 0 Å². The van der Waals surface area contributed by atoms with Gasteiger partial charge in [-0.05, 0) is 67.2 Å². The van der Waals surface area contributed by atoms with Gasteiger partial charge in [0.1, 0.15) is 0 Å². The van der Waals surface area contributed by atoms with Crippen molar-refractivity contribution in [3.8, 4) is 0 Å². The van der Waals surface area contributed by atoms with E-state index in [0.29, 0.717) is 10.5 Å². The van der Waals surface area contributed by atoms with Crippen molar-refractivity contribution in [2.24, 2.45) is 0 Å². The van der Waals surface area contributed by atoms with Gasteiger partial charge in [0.2, 0.25) is 0 Å². The predicted octanol–water partition coefficient (Wildman–Crippen LogP) is 4.95. The van der Waals surface area contributed by atoms with Crippen molar-refractivity contribution in [1.29, 1.82) is 0 Å². The van der Waals surface area contributed by atoms with Gasteiger partial charge in [-0.25, -0.2) is 0 Å². The highest BCUT2D eigenvalue weighted by Crippen LogP contribution is 2.29. The summed E-state index contributed by atoms with van der Waals surface area (Å²) in [6, 6.07) is 8.98. The number of nitrogens with one attached hydrogen (secondary N) is 1. The van der Waals surface area contributed by atoms with Gasteiger partial charge in [-0.15, -0.1) is 0 Å². The third kappa shape index (κ3) is 6.82. The van der Waals surface area contributed by atoms with Crippen LogP contribution in [0.25, 0.3) is 0 Å². The minimum atomic E-state index is -5.14. The van der Waals surface area contributed by atoms with Crippen LogP contribution in [0.1, 0.15) is 45.5 Å². The molecule has 4 nitrogen and oxygen atoms in total. The van der Waals surface area contributed by atoms with Crippen molar-refractivity contribution in [2.45, 2.75) is 44.6 Å². The molecule has 34 heavy (non-hydrogen) atoms. The van der Waals surface area contributed by atoms with Crippen LogP contribution in [0.15, 0.2) is 42.5 Å². The van der Waals surface area contributed by atoms with Crippen molar-refractivity contribution in [3.05, 3.63) is 70.3 Å². The molecule has 2 aromatic carbocycles. The van der Waals surface area contributed by atoms with Crippen molar-refractivity contribution >= 4 is 11.7 Å². The molecule has 1 aliphatic rings. The van der Waals surface area contributed by atoms with Crippen LogP contribution in [-0.4, -0.2) is 42.4 Å². The molecule has 0 aromatic heterocycles. The van der Waals surface area contributed by atoms with Crippen molar-refractivity contribution in [1.82, 2.24) is 10.2 Å². The topological polar surface area (TPSA) is 49.4 Å². The summed E-state index contributed by atoms with van der Waals surface area (Å²) in [6.07, 6.45) is -8.17. The first-order chi connectivity index (χ1) is 15.9. The molecule has 3 rings (SSSR count). The number of carbonyl (C=O) groups is 2. The number of ketones is 1. The maximum Gasteiger partial charge on any atom is 0.471 e. The van der Waals surface area contributed by atoms with Crippen LogP contribution >= 0.6 is 0 Å². The monoisotopic (exact) mass is 486 g/mol. The number of benzene rings is 2. The Hall–Kier alpha value is -2.88. The standard InChI is InChI=1S/C24H24F6N2O2/c25-23(26,27)20-7-3-16(4-8-20)15-32(22(34)24(28,29)30)13-1-2-21(33)19-6-5-17-9-11-31-12-10-18(17)14-19/h3-8,14,31H,1-2,9-13,15H2. The van der Waals surface area contributed by atoms with E-state index in [2.05, 4.69) is 5.32 Å². The van der Waals surface area contributed by atoms with Crippen LogP contribution < -0.4 is 5.32 Å². The normalized spacial score (nSPS) is 14.3. The molecule has 10 heteroatoms. The fourth-order valence-corrected chi connectivity index (χ4v) is 3.87. The lowest BCUT2D eigenvalue weighted by Crippen LogP contribution is -2.41. The highest BCUT2D eigenvalue weighted by atomic mass is 19.4. The summed E-state index contributed by atoms with van der Waals surface area (Å²) in [5, 5.41) is 3.27. The summed E-state index contributed by atoms with van der Waals surface area (Å²) in [7, 11) is 0. The summed E-state index contributed by atoms with van der Waals surface area (Å²) in [5.74, 6) is -2.34. The molecule has 0 atom stereocenters. The third-order valence-corrected chi connectivity index (χ3v) is 5.69. The second-order valence-electron chi connectivity index (χ2n) is 8.18. The van der Waals surface area contributed by atoms with Crippen LogP contribution in [0, 0.1) is 0 Å². The Kier molecular flexibility index (Phi) is 8.01. The Bertz CT molecular complexity index is 1020. The van der Waals surface area contributed by atoms with Crippen LogP contribution in [0.2, 0.25) is 0 Å². The molecule has 0 saturated heterocycles. The molecule has 1 amide bonds. The zero-order chi connectivity index (χ0) is 24.9. The minimum Gasteiger partial charge on any atom is -0.331 e. The summed E-state index contributed by atoms with van der Waals surface area (Å²) in [4.78, 5) is 25.0. The zero-order valence-electron chi connectivity index (χ0n) is 18.2. The fraction of sp³-hybridized carbons (Fsp3) is 0.417. The van der Waals surface area contributed by atoms with Crippen LogP contribution in [0.4, 0.5) is 26.3 Å². The molecule has 0 spiro atoms. The molecular formula is C24H24F6N2O2. The Labute approximate surface area is 192 Å². The van der Waals surface area contributed by atoms with E-state index in [1.165, 1.54) is 0 Å². The highest BCUT2D eigenvalue weighted by molar-refractivity contribution is 5.96. The molecular weight excluding hydrogens is 462 g/mol. The van der Waals surface area contributed by atoms with Crippen molar-refractivity contribution in [2.75, 3.05) is 19.6 Å². The van der Waals surface area contributed by atoms with E-state index in [9.17, 15) is 35.9 Å². The highest BCUT2D eigenvalue weighted by Gasteiger charge is 2.42. The van der Waals surface area contributed by atoms with Gasteiger partial charge in [0, 0.05) is 25.1 Å². The van der Waals surface area contributed by atoms with Gasteiger partial charge in [-0.3, -0.25) is 9.59 Å². The summed E-state index contributed by atoms with van der Waals surface area (Å²) in [6.45, 7) is 0.766. The van der Waals surface area contributed by atoms with Gasteiger partial charge in [-0.1, -0.05) is 24.3 Å². The molecule has 0 unspecified atom stereocenters. The van der Waals surface area contributed by atoms with E-state index in [-0.39, 0.29) is 30.7 Å². The van der Waals surface area contributed by atoms with E-state index < -0.39 is 30.4 Å². The Balaban J connectivity index is 1.64. The maximum absolute atomic E-state index is 13.1. The van der Waals surface area contributed by atoms with E-state index in [1.807, 2.05) is 12.1 Å². The summed E-state index contributed by atoms with van der Waals surface area (Å²) < 4.78 is 77.3. The number of rotatable bonds is 7. The van der Waals surface area contributed by atoms with Crippen LogP contribution in [-0.2, 0) is 30.4 Å². The van der Waals surface area contributed by atoms with Crippen LogP contribution in [0.5, 0.6) is 0 Å². The largest absolute Gasteiger partial charge is 0.471 e. The first-order valence-corrected chi connectivity index (χ1v) is 10.8. The second kappa shape index (κ2) is 10.6. The number of hydrogen-bond donors (Lipinski definition) is 1. The van der Waals surface area contributed by atoms with Gasteiger partial charge in [0.15, 0.2) is 5.78 Å². The first kappa shape index (κ1) is 25.7. The summed E-state index contributed by atoms with van der Waals surface area (Å²) in [5.41, 5.74) is 1.87. The number of fused-ring (bicyclic) bond motifs is 1. The molecule has 0 fully saturated rings. The predicted molar refractivity (Wildman–Crippen MR) is 113 cm³/mol. The average molecular weight is 486 g/mol. The smallest absolute Gasteiger partial charge is 0.331 e. The number of amides is 1. The van der Waals surface area contributed by atoms with E-state index in [1.54, 1.807) is 6.07 Å². The van der Waals surface area contributed by atoms with Gasteiger partial charge < -0.3 is 10.2 Å². The summed E-state index contributed by atoms with van der Waals surface area (Å²) >= 11 is 0. The lowest BCUT2D eigenvalue weighted by Gasteiger charge is -2.24. The molecule has 184 valence electrons. The number of alkyl halides is 6. The zero-order valence-corrected chi connectivity index (χ0v) is 18.2. The third-order valence-electron chi connectivity index (χ3n) is 5.69. The maximum atomic E-state index is 13.1. The van der Waals surface area contributed by atoms with Gasteiger partial charge in [0.25, 0.3) is 0 Å². The van der Waals surface area contributed by atoms with Gasteiger partial charge in [-0.2, -0.15) is 26.3 Å². The molecule has 0 bridgehead atoms. The van der Waals surface area contributed by atoms with Gasteiger partial charge in [0.05, 0.1) is 5.56 Å². The number of carbonyl (C=O) groups excluding carboxylic acids is 2. The van der Waals surface area contributed by atoms with Gasteiger partial charge >= 0.3 is 18.3 Å². The SMILES string of the molecule is O=C(CCCN(Cc1ccc(C(F)(F)F)cc1)C(=O)C(F)(F)F)c1ccc2c(c1)CCNCC2. The van der Waals surface area contributed by atoms with E-state index in [0.717, 1.165) is 61.3 Å². The van der Waals surface area contributed by atoms with E-state index in [4.69, 9.17) is 0 Å². The molecule has 1 N–H and O–H groups in total. The Morgan fingerprint density at radius 1 is 0.882 bits per heavy atom. The number of hydrogen-bond acceptors (Lipinski definition) is 3. The second-order valence-corrected chi connectivity index (χ2v) is 8.18. The fourth-order valence-electron chi connectivity index (χ4n) is 3.87. The molecule has 0 radical (unpaired) electrons.